The Hall–Kier alpha value is -3.07. The van der Waals surface area contributed by atoms with Gasteiger partial charge in [-0.3, -0.25) is 4.79 Å². The van der Waals surface area contributed by atoms with Crippen LogP contribution in [0.3, 0.4) is 0 Å². The summed E-state index contributed by atoms with van der Waals surface area (Å²) in [6, 6.07) is 9.17. The summed E-state index contributed by atoms with van der Waals surface area (Å²) >= 11 is 1.59. The van der Waals surface area contributed by atoms with Gasteiger partial charge in [0.15, 0.2) is 5.78 Å². The molecule has 0 saturated heterocycles. The largest absolute Gasteiger partial charge is 0.573 e. The fraction of sp³-hybridized carbons (Fsp3) is 0.304. The first-order valence-electron chi connectivity index (χ1n) is 9.89. The van der Waals surface area contributed by atoms with Gasteiger partial charge in [0.2, 0.25) is 0 Å². The Labute approximate surface area is 186 Å². The number of carbonyl (C=O) groups is 2. The molecular weight excluding hydrogens is 443 g/mol. The van der Waals surface area contributed by atoms with Gasteiger partial charge >= 0.3 is 12.3 Å². The molecule has 1 aromatic heterocycles. The lowest BCUT2D eigenvalue weighted by atomic mass is 9.72. The molecule has 168 valence electrons. The van der Waals surface area contributed by atoms with Gasteiger partial charge in [0.25, 0.3) is 0 Å². The highest BCUT2D eigenvalue weighted by Crippen LogP contribution is 2.46. The molecule has 1 aliphatic heterocycles. The van der Waals surface area contributed by atoms with E-state index in [9.17, 15) is 22.8 Å². The maximum absolute atomic E-state index is 13.3. The van der Waals surface area contributed by atoms with E-state index < -0.39 is 18.2 Å². The van der Waals surface area contributed by atoms with E-state index in [1.54, 1.807) is 18.3 Å². The van der Waals surface area contributed by atoms with Crippen molar-refractivity contribution in [2.75, 3.05) is 7.11 Å². The minimum atomic E-state index is -4.81. The van der Waals surface area contributed by atoms with Gasteiger partial charge in [-0.25, -0.2) is 4.79 Å². The molecule has 0 fully saturated rings. The first-order chi connectivity index (χ1) is 15.2. The van der Waals surface area contributed by atoms with Crippen LogP contribution in [0.4, 0.5) is 13.2 Å². The summed E-state index contributed by atoms with van der Waals surface area (Å²) in [5, 5.41) is 5.18. The number of halogens is 3. The normalized spacial score (nSPS) is 21.2. The van der Waals surface area contributed by atoms with Crippen LogP contribution in [0.5, 0.6) is 5.75 Å². The zero-order valence-corrected chi connectivity index (χ0v) is 18.1. The Morgan fingerprint density at radius 2 is 1.88 bits per heavy atom. The molecule has 0 amide bonds. The van der Waals surface area contributed by atoms with E-state index in [0.717, 1.165) is 10.6 Å². The zero-order chi connectivity index (χ0) is 23.0. The second kappa shape index (κ2) is 8.46. The van der Waals surface area contributed by atoms with Gasteiger partial charge in [0, 0.05) is 40.1 Å². The van der Waals surface area contributed by atoms with E-state index in [0.29, 0.717) is 29.7 Å². The maximum atomic E-state index is 13.3. The lowest BCUT2D eigenvalue weighted by Gasteiger charge is -2.36. The van der Waals surface area contributed by atoms with Crippen molar-refractivity contribution in [3.63, 3.8) is 0 Å². The number of thiophene rings is 1. The number of hydrogen-bond acceptors (Lipinski definition) is 6. The summed E-state index contributed by atoms with van der Waals surface area (Å²) in [7, 11) is 1.25. The van der Waals surface area contributed by atoms with Crippen molar-refractivity contribution in [3.05, 3.63) is 74.8 Å². The van der Waals surface area contributed by atoms with Gasteiger partial charge in [-0.1, -0.05) is 18.2 Å². The number of ketones is 1. The molecule has 0 spiro atoms. The average molecular weight is 463 g/mol. The van der Waals surface area contributed by atoms with Gasteiger partial charge in [-0.2, -0.15) is 0 Å². The van der Waals surface area contributed by atoms with Crippen LogP contribution in [-0.2, 0) is 14.3 Å². The number of Topliss-reactive ketones (excluding diaryl/α,β-unsaturated/α-hetero) is 1. The van der Waals surface area contributed by atoms with E-state index in [1.165, 1.54) is 31.4 Å². The van der Waals surface area contributed by atoms with Crippen LogP contribution < -0.4 is 10.1 Å². The van der Waals surface area contributed by atoms with E-state index in [1.807, 2.05) is 17.5 Å². The minimum absolute atomic E-state index is 0.0319. The number of nitrogens with one attached hydrogen (secondary N) is 1. The molecule has 1 N–H and O–H groups in total. The molecule has 1 aromatic carbocycles. The fourth-order valence-corrected chi connectivity index (χ4v) is 5.17. The van der Waals surface area contributed by atoms with E-state index in [-0.39, 0.29) is 23.0 Å². The third-order valence-corrected chi connectivity index (χ3v) is 6.66. The maximum Gasteiger partial charge on any atom is 0.573 e. The first kappa shape index (κ1) is 22.1. The van der Waals surface area contributed by atoms with Crippen molar-refractivity contribution < 1.29 is 32.2 Å². The van der Waals surface area contributed by atoms with Gasteiger partial charge in [-0.05, 0) is 42.5 Å². The summed E-state index contributed by atoms with van der Waals surface area (Å²) in [4.78, 5) is 27.0. The molecule has 4 rings (SSSR count). The Kier molecular flexibility index (Phi) is 5.85. The van der Waals surface area contributed by atoms with Crippen molar-refractivity contribution in [1.82, 2.24) is 5.32 Å². The Morgan fingerprint density at radius 3 is 2.47 bits per heavy atom. The Balaban J connectivity index is 1.76. The molecule has 0 radical (unpaired) electrons. The van der Waals surface area contributed by atoms with Crippen LogP contribution in [0.2, 0.25) is 0 Å². The van der Waals surface area contributed by atoms with Gasteiger partial charge < -0.3 is 14.8 Å². The van der Waals surface area contributed by atoms with Crippen molar-refractivity contribution in [2.45, 2.75) is 38.0 Å². The quantitative estimate of drug-likeness (QED) is 0.633. The van der Waals surface area contributed by atoms with Crippen LogP contribution >= 0.6 is 11.3 Å². The van der Waals surface area contributed by atoms with Gasteiger partial charge in [0.1, 0.15) is 5.75 Å². The Morgan fingerprint density at radius 1 is 1.16 bits per heavy atom. The number of carbonyl (C=O) groups excluding carboxylic acids is 2. The molecule has 32 heavy (non-hydrogen) atoms. The summed E-state index contributed by atoms with van der Waals surface area (Å²) in [6.07, 6.45) is -3.92. The molecule has 2 atom stereocenters. The highest BCUT2D eigenvalue weighted by molar-refractivity contribution is 7.10. The molecule has 2 aliphatic rings. The number of dihydropyridines is 1. The average Bonchev–Trinajstić information content (AvgIpc) is 3.26. The van der Waals surface area contributed by atoms with Crippen molar-refractivity contribution in [3.8, 4) is 5.75 Å². The third kappa shape index (κ3) is 4.29. The van der Waals surface area contributed by atoms with Crippen LogP contribution in [0.15, 0.2) is 64.3 Å². The second-order valence-electron chi connectivity index (χ2n) is 7.64. The first-order valence-corrected chi connectivity index (χ1v) is 10.8. The lowest BCUT2D eigenvalue weighted by molar-refractivity contribution is -0.274. The molecule has 5 nitrogen and oxygen atoms in total. The molecule has 9 heteroatoms. The van der Waals surface area contributed by atoms with Crippen molar-refractivity contribution in [1.29, 1.82) is 0 Å². The SMILES string of the molecule is COC(=O)C1=C(C)NC2=C(C(=O)C[C@@H](c3cccs3)C2)[C@@H]1c1ccc(OC(F)(F)F)cc1. The number of rotatable bonds is 4. The lowest BCUT2D eigenvalue weighted by Crippen LogP contribution is -2.35. The molecule has 2 heterocycles. The molecular formula is C23H20F3NO4S. The molecule has 1 aliphatic carbocycles. The van der Waals surface area contributed by atoms with Gasteiger partial charge in [-0.15, -0.1) is 24.5 Å². The monoisotopic (exact) mass is 463 g/mol. The summed E-state index contributed by atoms with van der Waals surface area (Å²) < 4.78 is 46.5. The number of benzene rings is 1. The van der Waals surface area contributed by atoms with Crippen molar-refractivity contribution in [2.24, 2.45) is 0 Å². The number of methoxy groups -OCH3 is 1. The second-order valence-corrected chi connectivity index (χ2v) is 8.62. The number of ether oxygens (including phenoxy) is 2. The number of alkyl halides is 3. The predicted molar refractivity (Wildman–Crippen MR) is 112 cm³/mol. The topological polar surface area (TPSA) is 64.6 Å². The summed E-state index contributed by atoms with van der Waals surface area (Å²) in [5.74, 6) is -1.79. The van der Waals surface area contributed by atoms with E-state index in [2.05, 4.69) is 10.1 Å². The standard InChI is InChI=1S/C23H20F3NO4S/c1-12-19(22(29)30-2)20(13-5-7-15(8-6-13)31-23(24,25)26)21-16(27-12)10-14(11-17(21)28)18-4-3-9-32-18/h3-9,14,20,27H,10-11H2,1-2H3/t14-,20+/m0/s1. The van der Waals surface area contributed by atoms with Crippen LogP contribution in [0.25, 0.3) is 0 Å². The minimum Gasteiger partial charge on any atom is -0.466 e. The zero-order valence-electron chi connectivity index (χ0n) is 17.3. The van der Waals surface area contributed by atoms with Crippen LogP contribution in [-0.4, -0.2) is 25.2 Å². The summed E-state index contributed by atoms with van der Waals surface area (Å²) in [5.41, 5.74) is 2.50. The van der Waals surface area contributed by atoms with Gasteiger partial charge in [0.05, 0.1) is 12.7 Å². The number of allylic oxidation sites excluding steroid dienone is 3. The summed E-state index contributed by atoms with van der Waals surface area (Å²) in [6.45, 7) is 1.73. The van der Waals surface area contributed by atoms with E-state index in [4.69, 9.17) is 4.74 Å². The smallest absolute Gasteiger partial charge is 0.466 e. The van der Waals surface area contributed by atoms with Crippen molar-refractivity contribution >= 4 is 23.1 Å². The number of esters is 1. The highest BCUT2D eigenvalue weighted by atomic mass is 32.1. The number of hydrogen-bond donors (Lipinski definition) is 1. The third-order valence-electron chi connectivity index (χ3n) is 5.63. The Bertz CT molecular complexity index is 1100. The molecule has 0 saturated carbocycles. The fourth-order valence-electron chi connectivity index (χ4n) is 4.34. The molecule has 2 aromatic rings. The molecule has 0 bridgehead atoms. The van der Waals surface area contributed by atoms with E-state index >= 15 is 0 Å². The van der Waals surface area contributed by atoms with Crippen LogP contribution in [0.1, 0.15) is 42.0 Å². The van der Waals surface area contributed by atoms with Crippen LogP contribution in [0, 0.1) is 0 Å². The highest BCUT2D eigenvalue weighted by Gasteiger charge is 2.41. The predicted octanol–water partition coefficient (Wildman–Crippen LogP) is 5.18. The molecule has 0 unspecified atom stereocenters.